The lowest BCUT2D eigenvalue weighted by Gasteiger charge is -2.37. The molecule has 132 valence electrons. The van der Waals surface area contributed by atoms with Gasteiger partial charge in [0.15, 0.2) is 0 Å². The van der Waals surface area contributed by atoms with Gasteiger partial charge in [0.25, 0.3) is 0 Å². The molecule has 0 aliphatic carbocycles. The average Bonchev–Trinajstić information content (AvgIpc) is 3.10. The first-order valence-electron chi connectivity index (χ1n) is 8.98. The van der Waals surface area contributed by atoms with Crippen LogP contribution in [-0.4, -0.2) is 22.0 Å². The number of aryl methyl sites for hydroxylation is 2. The zero-order chi connectivity index (χ0) is 18.1. The topological polar surface area (TPSA) is 37.3 Å². The summed E-state index contributed by atoms with van der Waals surface area (Å²) in [5, 5.41) is 3.06. The predicted molar refractivity (Wildman–Crippen MR) is 104 cm³/mol. The molecule has 1 aliphatic rings. The minimum absolute atomic E-state index is 0.0615. The van der Waals surface area contributed by atoms with E-state index in [4.69, 9.17) is 0 Å². The molecule has 0 bridgehead atoms. The van der Waals surface area contributed by atoms with Crippen molar-refractivity contribution >= 4 is 11.7 Å². The number of nitrogens with zero attached hydrogens (tertiary/aromatic N) is 2. The summed E-state index contributed by atoms with van der Waals surface area (Å²) >= 11 is 0. The number of urea groups is 1. The van der Waals surface area contributed by atoms with Gasteiger partial charge in [-0.2, -0.15) is 0 Å². The molecule has 0 spiro atoms. The standard InChI is InChI=1S/C22H23N3O/c1-16-8-10-18(11-9-16)21-20-7-4-12-24(20)13-14-25(21)22(26)23-19-6-3-5-17(2)15-19/h3-12,15,21H,13-14H2,1-2H3,(H,23,26)/t21-/m1/s1. The number of amides is 2. The second-order valence-corrected chi connectivity index (χ2v) is 6.93. The molecule has 3 aromatic rings. The van der Waals surface area contributed by atoms with Gasteiger partial charge in [-0.3, -0.25) is 0 Å². The number of benzene rings is 2. The van der Waals surface area contributed by atoms with Gasteiger partial charge in [-0.1, -0.05) is 42.0 Å². The number of carbonyl (C=O) groups is 1. The highest BCUT2D eigenvalue weighted by molar-refractivity contribution is 5.90. The van der Waals surface area contributed by atoms with Gasteiger partial charge in [-0.05, 0) is 49.2 Å². The molecule has 1 aliphatic heterocycles. The Hall–Kier alpha value is -3.01. The summed E-state index contributed by atoms with van der Waals surface area (Å²) in [7, 11) is 0. The Balaban J connectivity index is 1.67. The van der Waals surface area contributed by atoms with Crippen molar-refractivity contribution in [1.29, 1.82) is 0 Å². The van der Waals surface area contributed by atoms with Crippen molar-refractivity contribution in [3.8, 4) is 0 Å². The molecular weight excluding hydrogens is 322 g/mol. The molecule has 0 unspecified atom stereocenters. The number of carbonyl (C=O) groups excluding carboxylic acids is 1. The van der Waals surface area contributed by atoms with Crippen molar-refractivity contribution in [3.63, 3.8) is 0 Å². The van der Waals surface area contributed by atoms with Crippen molar-refractivity contribution in [3.05, 3.63) is 89.2 Å². The molecule has 1 atom stereocenters. The lowest BCUT2D eigenvalue weighted by molar-refractivity contribution is 0.182. The van der Waals surface area contributed by atoms with E-state index >= 15 is 0 Å². The number of aromatic nitrogens is 1. The van der Waals surface area contributed by atoms with Crippen LogP contribution in [0.4, 0.5) is 10.5 Å². The Morgan fingerprint density at radius 3 is 2.54 bits per heavy atom. The number of rotatable bonds is 2. The third-order valence-corrected chi connectivity index (χ3v) is 4.96. The van der Waals surface area contributed by atoms with Crippen LogP contribution in [0, 0.1) is 13.8 Å². The Kier molecular flexibility index (Phi) is 4.25. The van der Waals surface area contributed by atoms with Gasteiger partial charge in [-0.25, -0.2) is 4.79 Å². The summed E-state index contributed by atoms with van der Waals surface area (Å²) in [4.78, 5) is 15.0. The lowest BCUT2D eigenvalue weighted by atomic mass is 9.99. The maximum atomic E-state index is 13.1. The van der Waals surface area contributed by atoms with Gasteiger partial charge in [0, 0.05) is 30.7 Å². The molecular formula is C22H23N3O. The average molecular weight is 345 g/mol. The zero-order valence-corrected chi connectivity index (χ0v) is 15.1. The Bertz CT molecular complexity index is 927. The number of hydrogen-bond donors (Lipinski definition) is 1. The number of fused-ring (bicyclic) bond motifs is 1. The minimum Gasteiger partial charge on any atom is -0.348 e. The normalized spacial score (nSPS) is 16.2. The summed E-state index contributed by atoms with van der Waals surface area (Å²) in [6, 6.07) is 20.4. The Morgan fingerprint density at radius 2 is 1.77 bits per heavy atom. The van der Waals surface area contributed by atoms with E-state index in [0.29, 0.717) is 6.54 Å². The van der Waals surface area contributed by atoms with Crippen molar-refractivity contribution in [2.24, 2.45) is 0 Å². The first kappa shape index (κ1) is 16.5. The quantitative estimate of drug-likeness (QED) is 0.715. The van der Waals surface area contributed by atoms with Crippen molar-refractivity contribution in [2.45, 2.75) is 26.4 Å². The Morgan fingerprint density at radius 1 is 0.962 bits per heavy atom. The van der Waals surface area contributed by atoms with Crippen LogP contribution in [0.1, 0.15) is 28.4 Å². The van der Waals surface area contributed by atoms with Crippen LogP contribution in [0.5, 0.6) is 0 Å². The van der Waals surface area contributed by atoms with E-state index in [2.05, 4.69) is 59.4 Å². The number of hydrogen-bond acceptors (Lipinski definition) is 1. The van der Waals surface area contributed by atoms with E-state index in [0.717, 1.165) is 29.1 Å². The predicted octanol–water partition coefficient (Wildman–Crippen LogP) is 4.74. The highest BCUT2D eigenvalue weighted by atomic mass is 16.2. The van der Waals surface area contributed by atoms with E-state index in [-0.39, 0.29) is 12.1 Å². The van der Waals surface area contributed by atoms with Gasteiger partial charge in [0.1, 0.15) is 0 Å². The highest BCUT2D eigenvalue weighted by Crippen LogP contribution is 2.33. The van der Waals surface area contributed by atoms with Crippen LogP contribution in [0.25, 0.3) is 0 Å². The van der Waals surface area contributed by atoms with Crippen LogP contribution in [0.2, 0.25) is 0 Å². The van der Waals surface area contributed by atoms with E-state index in [1.807, 2.05) is 36.1 Å². The summed E-state index contributed by atoms with van der Waals surface area (Å²) in [5.74, 6) is 0. The van der Waals surface area contributed by atoms with E-state index in [1.165, 1.54) is 5.56 Å². The first-order chi connectivity index (χ1) is 12.6. The van der Waals surface area contributed by atoms with Crippen LogP contribution < -0.4 is 5.32 Å². The molecule has 2 heterocycles. The zero-order valence-electron chi connectivity index (χ0n) is 15.1. The van der Waals surface area contributed by atoms with Crippen LogP contribution in [0.3, 0.4) is 0 Å². The van der Waals surface area contributed by atoms with Gasteiger partial charge >= 0.3 is 6.03 Å². The molecule has 4 nitrogen and oxygen atoms in total. The molecule has 0 fully saturated rings. The second-order valence-electron chi connectivity index (χ2n) is 6.93. The fraction of sp³-hybridized carbons (Fsp3) is 0.227. The summed E-state index contributed by atoms with van der Waals surface area (Å²) in [6.07, 6.45) is 2.09. The monoisotopic (exact) mass is 345 g/mol. The highest BCUT2D eigenvalue weighted by Gasteiger charge is 2.32. The van der Waals surface area contributed by atoms with Gasteiger partial charge in [0.2, 0.25) is 0 Å². The molecule has 0 radical (unpaired) electrons. The molecule has 0 saturated carbocycles. The first-order valence-corrected chi connectivity index (χ1v) is 8.98. The fourth-order valence-corrected chi connectivity index (χ4v) is 3.62. The fourth-order valence-electron chi connectivity index (χ4n) is 3.62. The molecule has 26 heavy (non-hydrogen) atoms. The maximum absolute atomic E-state index is 13.1. The Labute approximate surface area is 154 Å². The maximum Gasteiger partial charge on any atom is 0.322 e. The number of nitrogens with one attached hydrogen (secondary N) is 1. The molecule has 0 saturated heterocycles. The minimum atomic E-state index is -0.0795. The second kappa shape index (κ2) is 6.71. The third kappa shape index (κ3) is 3.10. The van der Waals surface area contributed by atoms with Crippen LogP contribution in [-0.2, 0) is 6.54 Å². The van der Waals surface area contributed by atoms with E-state index < -0.39 is 0 Å². The largest absolute Gasteiger partial charge is 0.348 e. The van der Waals surface area contributed by atoms with E-state index in [9.17, 15) is 4.79 Å². The van der Waals surface area contributed by atoms with E-state index in [1.54, 1.807) is 0 Å². The van der Waals surface area contributed by atoms with Crippen molar-refractivity contribution in [1.82, 2.24) is 9.47 Å². The van der Waals surface area contributed by atoms with Crippen LogP contribution >= 0.6 is 0 Å². The molecule has 2 amide bonds. The van der Waals surface area contributed by atoms with Gasteiger partial charge < -0.3 is 14.8 Å². The summed E-state index contributed by atoms with van der Waals surface area (Å²) in [6.45, 7) is 5.60. The van der Waals surface area contributed by atoms with Gasteiger partial charge in [-0.15, -0.1) is 0 Å². The molecule has 2 aromatic carbocycles. The number of anilines is 1. The van der Waals surface area contributed by atoms with Gasteiger partial charge in [0.05, 0.1) is 6.04 Å². The molecule has 1 N–H and O–H groups in total. The van der Waals surface area contributed by atoms with Crippen molar-refractivity contribution in [2.75, 3.05) is 11.9 Å². The lowest BCUT2D eigenvalue weighted by Crippen LogP contribution is -2.44. The summed E-state index contributed by atoms with van der Waals surface area (Å²) in [5.41, 5.74) is 5.47. The SMILES string of the molecule is Cc1ccc([C@@H]2c3cccn3CCN2C(=O)Nc2cccc(C)c2)cc1. The summed E-state index contributed by atoms with van der Waals surface area (Å²) < 4.78 is 2.24. The van der Waals surface area contributed by atoms with Crippen LogP contribution in [0.15, 0.2) is 66.9 Å². The third-order valence-electron chi connectivity index (χ3n) is 4.96. The molecule has 1 aromatic heterocycles. The molecule has 4 heteroatoms. The van der Waals surface area contributed by atoms with Crippen molar-refractivity contribution < 1.29 is 4.79 Å². The smallest absolute Gasteiger partial charge is 0.322 e. The molecule has 4 rings (SSSR count).